The summed E-state index contributed by atoms with van der Waals surface area (Å²) in [5, 5.41) is 28.9. The minimum Gasteiger partial charge on any atom is -0.394 e. The van der Waals surface area contributed by atoms with Gasteiger partial charge in [-0.15, -0.1) is 0 Å². The van der Waals surface area contributed by atoms with Crippen LogP contribution in [0.2, 0.25) is 0 Å². The Morgan fingerprint density at radius 3 is 2.26 bits per heavy atom. The molecule has 0 aliphatic carbocycles. The largest absolute Gasteiger partial charge is 0.394 e. The smallest absolute Gasteiger partial charge is 0.345 e. The molecular formula is C28H44O6. The van der Waals surface area contributed by atoms with Crippen LogP contribution in [0.5, 0.6) is 0 Å². The van der Waals surface area contributed by atoms with Crippen molar-refractivity contribution in [1.29, 1.82) is 0 Å². The minimum atomic E-state index is -1.02. The third-order valence-electron chi connectivity index (χ3n) is 5.94. The van der Waals surface area contributed by atoms with Crippen LogP contribution in [0, 0.1) is 5.92 Å². The van der Waals surface area contributed by atoms with Crippen molar-refractivity contribution in [3.63, 3.8) is 0 Å². The lowest BCUT2D eigenvalue weighted by atomic mass is 9.94. The van der Waals surface area contributed by atoms with E-state index in [0.717, 1.165) is 44.9 Å². The monoisotopic (exact) mass is 476 g/mol. The molecule has 0 radical (unpaired) electrons. The number of unbranched alkanes of at least 4 members (excludes halogenated alkanes) is 7. The highest BCUT2D eigenvalue weighted by molar-refractivity contribution is 5.97. The molecule has 6 heteroatoms. The SMILES string of the molecule is CCCCCC[C@@H](O)C/C=C\CCCCCCC(CC(O)CO)C(=O)OC(=O)c1ccccc1. The van der Waals surface area contributed by atoms with Gasteiger partial charge >= 0.3 is 11.9 Å². The van der Waals surface area contributed by atoms with E-state index in [-0.39, 0.29) is 12.5 Å². The first kappa shape index (κ1) is 30.0. The number of hydrogen-bond donors (Lipinski definition) is 3. The van der Waals surface area contributed by atoms with Crippen molar-refractivity contribution in [1.82, 2.24) is 0 Å². The van der Waals surface area contributed by atoms with Gasteiger partial charge < -0.3 is 20.1 Å². The van der Waals surface area contributed by atoms with Crippen LogP contribution in [0.15, 0.2) is 42.5 Å². The Labute approximate surface area is 205 Å². The first-order valence-electron chi connectivity index (χ1n) is 12.9. The molecule has 34 heavy (non-hydrogen) atoms. The predicted octanol–water partition coefficient (Wildman–Crippen LogP) is 5.35. The molecule has 0 bridgehead atoms. The van der Waals surface area contributed by atoms with E-state index in [2.05, 4.69) is 19.1 Å². The van der Waals surface area contributed by atoms with E-state index in [1.807, 2.05) is 0 Å². The molecule has 0 saturated heterocycles. The third-order valence-corrected chi connectivity index (χ3v) is 5.94. The summed E-state index contributed by atoms with van der Waals surface area (Å²) in [7, 11) is 0. The zero-order valence-electron chi connectivity index (χ0n) is 20.7. The van der Waals surface area contributed by atoms with Gasteiger partial charge in [-0.3, -0.25) is 4.79 Å². The Morgan fingerprint density at radius 1 is 0.882 bits per heavy atom. The maximum absolute atomic E-state index is 12.5. The topological polar surface area (TPSA) is 104 Å². The average molecular weight is 477 g/mol. The number of ether oxygens (including phenoxy) is 1. The molecule has 0 aliphatic heterocycles. The van der Waals surface area contributed by atoms with Gasteiger partial charge in [0.15, 0.2) is 0 Å². The third kappa shape index (κ3) is 14.3. The lowest BCUT2D eigenvalue weighted by Crippen LogP contribution is -2.27. The fourth-order valence-corrected chi connectivity index (χ4v) is 3.84. The highest BCUT2D eigenvalue weighted by Gasteiger charge is 2.25. The summed E-state index contributed by atoms with van der Waals surface area (Å²) < 4.78 is 5.02. The number of esters is 2. The van der Waals surface area contributed by atoms with Gasteiger partial charge in [0.1, 0.15) is 0 Å². The van der Waals surface area contributed by atoms with Gasteiger partial charge in [-0.2, -0.15) is 0 Å². The summed E-state index contributed by atoms with van der Waals surface area (Å²) in [5.74, 6) is -1.99. The van der Waals surface area contributed by atoms with E-state index >= 15 is 0 Å². The second-order valence-electron chi connectivity index (χ2n) is 9.05. The maximum Gasteiger partial charge on any atom is 0.345 e. The first-order valence-corrected chi connectivity index (χ1v) is 12.9. The zero-order chi connectivity index (χ0) is 25.0. The standard InChI is InChI=1S/C28H44O6/c1-2-3-4-14-19-25(30)20-15-9-7-5-6-8-11-18-24(21-26(31)22-29)28(33)34-27(32)23-16-12-10-13-17-23/h9-10,12-13,15-17,24-26,29-31H,2-8,11,14,18-22H2,1H3/b15-9-/t24?,25-,26?/m1/s1. The summed E-state index contributed by atoms with van der Waals surface area (Å²) in [5.41, 5.74) is 0.300. The maximum atomic E-state index is 12.5. The summed E-state index contributed by atoms with van der Waals surface area (Å²) in [6.45, 7) is 1.75. The molecule has 0 fully saturated rings. The van der Waals surface area contributed by atoms with Crippen molar-refractivity contribution in [2.24, 2.45) is 5.92 Å². The van der Waals surface area contributed by atoms with Crippen LogP contribution in [-0.4, -0.2) is 46.1 Å². The van der Waals surface area contributed by atoms with E-state index in [1.54, 1.807) is 30.3 Å². The Bertz CT molecular complexity index is 687. The number of carbonyl (C=O) groups excluding carboxylic acids is 2. The van der Waals surface area contributed by atoms with Crippen molar-refractivity contribution in [2.75, 3.05) is 6.61 Å². The van der Waals surface area contributed by atoms with Crippen LogP contribution in [0.25, 0.3) is 0 Å². The minimum absolute atomic E-state index is 0.0703. The first-order chi connectivity index (χ1) is 16.5. The fourth-order valence-electron chi connectivity index (χ4n) is 3.84. The lowest BCUT2D eigenvalue weighted by molar-refractivity contribution is -0.144. The van der Waals surface area contributed by atoms with Crippen LogP contribution in [-0.2, 0) is 9.53 Å². The molecule has 1 aromatic rings. The van der Waals surface area contributed by atoms with Crippen LogP contribution in [0.1, 0.15) is 101 Å². The molecule has 0 heterocycles. The van der Waals surface area contributed by atoms with E-state index in [1.165, 1.54) is 19.3 Å². The molecular weight excluding hydrogens is 432 g/mol. The quantitative estimate of drug-likeness (QED) is 0.108. The van der Waals surface area contributed by atoms with Gasteiger partial charge in [-0.25, -0.2) is 4.79 Å². The van der Waals surface area contributed by atoms with Crippen molar-refractivity contribution in [3.8, 4) is 0 Å². The van der Waals surface area contributed by atoms with Gasteiger partial charge in [0.05, 0.1) is 30.3 Å². The fraction of sp³-hybridized carbons (Fsp3) is 0.643. The second-order valence-corrected chi connectivity index (χ2v) is 9.05. The highest BCUT2D eigenvalue weighted by atomic mass is 16.6. The molecule has 192 valence electrons. The van der Waals surface area contributed by atoms with Gasteiger partial charge in [0, 0.05) is 0 Å². The van der Waals surface area contributed by atoms with Crippen LogP contribution < -0.4 is 0 Å². The molecule has 0 aliphatic rings. The van der Waals surface area contributed by atoms with Crippen LogP contribution in [0.3, 0.4) is 0 Å². The van der Waals surface area contributed by atoms with Gasteiger partial charge in [0.25, 0.3) is 0 Å². The Hall–Kier alpha value is -2.02. The number of hydrogen-bond acceptors (Lipinski definition) is 6. The molecule has 0 amide bonds. The number of aliphatic hydroxyl groups excluding tert-OH is 3. The van der Waals surface area contributed by atoms with Crippen LogP contribution in [0.4, 0.5) is 0 Å². The number of rotatable bonds is 19. The molecule has 1 rings (SSSR count). The van der Waals surface area contributed by atoms with E-state index < -0.39 is 30.6 Å². The summed E-state index contributed by atoms with van der Waals surface area (Å²) >= 11 is 0. The lowest BCUT2D eigenvalue weighted by Gasteiger charge is -2.17. The van der Waals surface area contributed by atoms with Gasteiger partial charge in [-0.1, -0.05) is 82.2 Å². The average Bonchev–Trinajstić information content (AvgIpc) is 2.85. The molecule has 3 atom stereocenters. The second kappa shape index (κ2) is 19.3. The molecule has 6 nitrogen and oxygen atoms in total. The van der Waals surface area contributed by atoms with Crippen molar-refractivity contribution in [2.45, 2.75) is 103 Å². The molecule has 0 spiro atoms. The Balaban J connectivity index is 2.27. The van der Waals surface area contributed by atoms with Gasteiger partial charge in [0.2, 0.25) is 0 Å². The number of benzene rings is 1. The highest BCUT2D eigenvalue weighted by Crippen LogP contribution is 2.20. The summed E-state index contributed by atoms with van der Waals surface area (Å²) in [6.07, 6.45) is 14.5. The molecule has 1 aromatic carbocycles. The number of carbonyl (C=O) groups is 2. The summed E-state index contributed by atoms with van der Waals surface area (Å²) in [6, 6.07) is 8.32. The van der Waals surface area contributed by atoms with Gasteiger partial charge in [-0.05, 0) is 50.7 Å². The van der Waals surface area contributed by atoms with Crippen molar-refractivity contribution in [3.05, 3.63) is 48.0 Å². The van der Waals surface area contributed by atoms with E-state index in [4.69, 9.17) is 9.84 Å². The van der Waals surface area contributed by atoms with E-state index in [9.17, 15) is 19.8 Å². The normalized spacial score (nSPS) is 14.1. The molecule has 0 aromatic heterocycles. The Morgan fingerprint density at radius 2 is 1.56 bits per heavy atom. The number of aliphatic hydroxyl groups is 3. The summed E-state index contributed by atoms with van der Waals surface area (Å²) in [4.78, 5) is 24.7. The zero-order valence-corrected chi connectivity index (χ0v) is 20.7. The molecule has 3 N–H and O–H groups in total. The Kier molecular flexibility index (Phi) is 17.0. The van der Waals surface area contributed by atoms with Crippen molar-refractivity contribution >= 4 is 11.9 Å². The van der Waals surface area contributed by atoms with Crippen LogP contribution >= 0.6 is 0 Å². The van der Waals surface area contributed by atoms with E-state index in [0.29, 0.717) is 18.4 Å². The predicted molar refractivity (Wildman–Crippen MR) is 134 cm³/mol. The molecule has 2 unspecified atom stereocenters. The van der Waals surface area contributed by atoms with Crippen molar-refractivity contribution < 1.29 is 29.6 Å². The number of allylic oxidation sites excluding steroid dienone is 1. The molecule has 0 saturated carbocycles.